The molecule has 2 heteroatoms. The van der Waals surface area contributed by atoms with Gasteiger partial charge >= 0.3 is 0 Å². The molecule has 0 spiro atoms. The van der Waals surface area contributed by atoms with E-state index in [2.05, 4.69) is 24.9 Å². The lowest BCUT2D eigenvalue weighted by Crippen LogP contribution is -1.95. The van der Waals surface area contributed by atoms with E-state index in [1.165, 1.54) is 11.1 Å². The number of nitrogens with zero attached hydrogens (tertiary/aromatic N) is 1. The van der Waals surface area contributed by atoms with E-state index in [9.17, 15) is 0 Å². The number of hydrogen-bond acceptors (Lipinski definition) is 2. The van der Waals surface area contributed by atoms with Gasteiger partial charge in [0.15, 0.2) is 0 Å². The Hall–Kier alpha value is -2.09. The summed E-state index contributed by atoms with van der Waals surface area (Å²) < 4.78 is 5.59. The SMILES string of the molecule is CCOc1ccccc1C=Nc1cccc(C)c1C. The van der Waals surface area contributed by atoms with Crippen LogP contribution in [0.5, 0.6) is 5.75 Å². The molecule has 98 valence electrons. The minimum Gasteiger partial charge on any atom is -0.493 e. The number of ether oxygens (including phenoxy) is 1. The molecule has 0 aliphatic heterocycles. The van der Waals surface area contributed by atoms with E-state index in [1.54, 1.807) is 0 Å². The fourth-order valence-corrected chi connectivity index (χ4v) is 1.89. The fraction of sp³-hybridized carbons (Fsp3) is 0.235. The summed E-state index contributed by atoms with van der Waals surface area (Å²) in [5, 5.41) is 0. The van der Waals surface area contributed by atoms with Gasteiger partial charge in [0.2, 0.25) is 0 Å². The highest BCUT2D eigenvalue weighted by Crippen LogP contribution is 2.22. The van der Waals surface area contributed by atoms with Crippen LogP contribution >= 0.6 is 0 Å². The van der Waals surface area contributed by atoms with Crippen molar-refractivity contribution in [1.82, 2.24) is 0 Å². The van der Waals surface area contributed by atoms with Crippen LogP contribution in [0.3, 0.4) is 0 Å². The van der Waals surface area contributed by atoms with Crippen LogP contribution < -0.4 is 4.74 Å². The van der Waals surface area contributed by atoms with E-state index in [0.29, 0.717) is 6.61 Å². The Morgan fingerprint density at radius 2 is 1.84 bits per heavy atom. The second-order valence-electron chi connectivity index (χ2n) is 4.45. The normalized spacial score (nSPS) is 10.9. The smallest absolute Gasteiger partial charge is 0.128 e. The standard InChI is InChI=1S/C17H19NO/c1-4-19-17-11-6-5-9-15(17)12-18-16-10-7-8-13(2)14(16)3/h5-12H,4H2,1-3H3. The molecule has 0 unspecified atom stereocenters. The summed E-state index contributed by atoms with van der Waals surface area (Å²) >= 11 is 0. The topological polar surface area (TPSA) is 21.6 Å². The molecule has 0 N–H and O–H groups in total. The maximum atomic E-state index is 5.59. The molecule has 0 aliphatic carbocycles. The molecule has 0 aliphatic rings. The molecule has 2 nitrogen and oxygen atoms in total. The molecule has 0 radical (unpaired) electrons. The van der Waals surface area contributed by atoms with Gasteiger partial charge < -0.3 is 4.74 Å². The molecule has 0 saturated carbocycles. The van der Waals surface area contributed by atoms with Gasteiger partial charge in [-0.15, -0.1) is 0 Å². The highest BCUT2D eigenvalue weighted by molar-refractivity contribution is 5.85. The van der Waals surface area contributed by atoms with Crippen molar-refractivity contribution in [3.8, 4) is 5.75 Å². The molecule has 0 saturated heterocycles. The van der Waals surface area contributed by atoms with Gasteiger partial charge in [0.25, 0.3) is 0 Å². The predicted octanol–water partition coefficient (Wildman–Crippen LogP) is 4.45. The summed E-state index contributed by atoms with van der Waals surface area (Å²) in [6.45, 7) is 6.84. The Balaban J connectivity index is 2.30. The van der Waals surface area contributed by atoms with Crippen LogP contribution in [0, 0.1) is 13.8 Å². The second kappa shape index (κ2) is 6.19. The predicted molar refractivity (Wildman–Crippen MR) is 80.8 cm³/mol. The minimum absolute atomic E-state index is 0.661. The average molecular weight is 253 g/mol. The molecule has 0 aromatic heterocycles. The number of aliphatic imine (C=N–C) groups is 1. The van der Waals surface area contributed by atoms with Crippen molar-refractivity contribution in [3.05, 3.63) is 59.2 Å². The van der Waals surface area contributed by atoms with Crippen LogP contribution in [0.15, 0.2) is 47.5 Å². The zero-order valence-corrected chi connectivity index (χ0v) is 11.7. The number of benzene rings is 2. The Kier molecular flexibility index (Phi) is 4.35. The maximum absolute atomic E-state index is 5.59. The summed E-state index contributed by atoms with van der Waals surface area (Å²) in [4.78, 5) is 4.57. The third-order valence-electron chi connectivity index (χ3n) is 3.14. The molecule has 2 aromatic carbocycles. The molecule has 0 amide bonds. The number of aryl methyl sites for hydroxylation is 1. The second-order valence-corrected chi connectivity index (χ2v) is 4.45. The largest absolute Gasteiger partial charge is 0.493 e. The Bertz CT molecular complexity index is 588. The van der Waals surface area contributed by atoms with E-state index in [0.717, 1.165) is 17.0 Å². The lowest BCUT2D eigenvalue weighted by molar-refractivity contribution is 0.340. The third-order valence-corrected chi connectivity index (χ3v) is 3.14. The van der Waals surface area contributed by atoms with Gasteiger partial charge in [0.1, 0.15) is 5.75 Å². The molecule has 0 heterocycles. The first-order chi connectivity index (χ1) is 9.22. The minimum atomic E-state index is 0.661. The Morgan fingerprint density at radius 1 is 1.05 bits per heavy atom. The molecule has 19 heavy (non-hydrogen) atoms. The van der Waals surface area contributed by atoms with Crippen molar-refractivity contribution in [2.75, 3.05) is 6.61 Å². The number of rotatable bonds is 4. The summed E-state index contributed by atoms with van der Waals surface area (Å²) in [6, 6.07) is 14.1. The molecule has 0 atom stereocenters. The van der Waals surface area contributed by atoms with Gasteiger partial charge in [-0.2, -0.15) is 0 Å². The Morgan fingerprint density at radius 3 is 2.63 bits per heavy atom. The summed E-state index contributed by atoms with van der Waals surface area (Å²) in [5.74, 6) is 0.874. The maximum Gasteiger partial charge on any atom is 0.128 e. The monoisotopic (exact) mass is 253 g/mol. The first kappa shape index (κ1) is 13.3. The van der Waals surface area contributed by atoms with Crippen LogP contribution in [-0.4, -0.2) is 12.8 Å². The van der Waals surface area contributed by atoms with Crippen molar-refractivity contribution >= 4 is 11.9 Å². The van der Waals surface area contributed by atoms with Crippen LogP contribution in [0.4, 0.5) is 5.69 Å². The molecule has 0 bridgehead atoms. The highest BCUT2D eigenvalue weighted by Gasteiger charge is 2.01. The van der Waals surface area contributed by atoms with Gasteiger partial charge in [0, 0.05) is 11.8 Å². The van der Waals surface area contributed by atoms with Gasteiger partial charge in [0.05, 0.1) is 12.3 Å². The van der Waals surface area contributed by atoms with E-state index in [-0.39, 0.29) is 0 Å². The van der Waals surface area contributed by atoms with E-state index >= 15 is 0 Å². The zero-order chi connectivity index (χ0) is 13.7. The van der Waals surface area contributed by atoms with Crippen molar-refractivity contribution < 1.29 is 4.74 Å². The first-order valence-corrected chi connectivity index (χ1v) is 6.54. The third kappa shape index (κ3) is 3.22. The van der Waals surface area contributed by atoms with Crippen LogP contribution in [0.1, 0.15) is 23.6 Å². The molecule has 2 aromatic rings. The number of para-hydroxylation sites is 1. The van der Waals surface area contributed by atoms with Crippen LogP contribution in [-0.2, 0) is 0 Å². The molecule has 2 rings (SSSR count). The molecular formula is C17H19NO. The van der Waals surface area contributed by atoms with E-state index in [4.69, 9.17) is 4.74 Å². The fourth-order valence-electron chi connectivity index (χ4n) is 1.89. The van der Waals surface area contributed by atoms with Crippen molar-refractivity contribution in [3.63, 3.8) is 0 Å². The summed E-state index contributed by atoms with van der Waals surface area (Å²) in [7, 11) is 0. The first-order valence-electron chi connectivity index (χ1n) is 6.54. The lowest BCUT2D eigenvalue weighted by Gasteiger charge is -2.07. The molecule has 0 fully saturated rings. The van der Waals surface area contributed by atoms with Crippen molar-refractivity contribution in [1.29, 1.82) is 0 Å². The van der Waals surface area contributed by atoms with Crippen molar-refractivity contribution in [2.45, 2.75) is 20.8 Å². The van der Waals surface area contributed by atoms with Gasteiger partial charge in [-0.05, 0) is 50.1 Å². The number of hydrogen-bond donors (Lipinski definition) is 0. The quantitative estimate of drug-likeness (QED) is 0.737. The van der Waals surface area contributed by atoms with E-state index < -0.39 is 0 Å². The highest BCUT2D eigenvalue weighted by atomic mass is 16.5. The van der Waals surface area contributed by atoms with Crippen LogP contribution in [0.2, 0.25) is 0 Å². The van der Waals surface area contributed by atoms with Gasteiger partial charge in [-0.3, -0.25) is 4.99 Å². The molecular weight excluding hydrogens is 234 g/mol. The summed E-state index contributed by atoms with van der Waals surface area (Å²) in [6.07, 6.45) is 1.87. The zero-order valence-electron chi connectivity index (χ0n) is 11.7. The lowest BCUT2D eigenvalue weighted by atomic mass is 10.1. The average Bonchev–Trinajstić information content (AvgIpc) is 2.42. The summed E-state index contributed by atoms with van der Waals surface area (Å²) in [5.41, 5.74) is 4.48. The van der Waals surface area contributed by atoms with Crippen LogP contribution in [0.25, 0.3) is 0 Å². The van der Waals surface area contributed by atoms with Gasteiger partial charge in [-0.25, -0.2) is 0 Å². The van der Waals surface area contributed by atoms with Crippen molar-refractivity contribution in [2.24, 2.45) is 4.99 Å². The Labute approximate surface area is 114 Å². The van der Waals surface area contributed by atoms with Gasteiger partial charge in [-0.1, -0.05) is 24.3 Å². The van der Waals surface area contributed by atoms with E-state index in [1.807, 2.05) is 49.5 Å².